The molecule has 0 spiro atoms. The van der Waals surface area contributed by atoms with E-state index in [1.54, 1.807) is 12.1 Å². The van der Waals surface area contributed by atoms with E-state index in [9.17, 15) is 14.4 Å². The number of aryl methyl sites for hydroxylation is 2. The highest BCUT2D eigenvalue weighted by Crippen LogP contribution is 2.14. The fraction of sp³-hybridized carbons (Fsp3) is 0.118. The summed E-state index contributed by atoms with van der Waals surface area (Å²) >= 11 is 0. The van der Waals surface area contributed by atoms with E-state index in [2.05, 4.69) is 10.6 Å². The summed E-state index contributed by atoms with van der Waals surface area (Å²) in [5, 5.41) is 4.99. The zero-order valence-electron chi connectivity index (χ0n) is 12.8. The summed E-state index contributed by atoms with van der Waals surface area (Å²) < 4.78 is 0. The van der Waals surface area contributed by atoms with Crippen molar-refractivity contribution in [2.24, 2.45) is 5.73 Å². The van der Waals surface area contributed by atoms with Gasteiger partial charge in [0, 0.05) is 16.9 Å². The van der Waals surface area contributed by atoms with Crippen molar-refractivity contribution >= 4 is 29.1 Å². The lowest BCUT2D eigenvalue weighted by molar-refractivity contribution is -0.132. The molecular formula is C17H17N3O3. The van der Waals surface area contributed by atoms with Crippen molar-refractivity contribution in [1.82, 2.24) is 0 Å². The average Bonchev–Trinajstić information content (AvgIpc) is 2.51. The molecule has 0 radical (unpaired) electrons. The summed E-state index contributed by atoms with van der Waals surface area (Å²) in [6, 6.07) is 11.3. The first-order chi connectivity index (χ1) is 10.9. The van der Waals surface area contributed by atoms with E-state index < -0.39 is 17.7 Å². The molecule has 23 heavy (non-hydrogen) atoms. The maximum atomic E-state index is 11.9. The molecule has 6 heteroatoms. The third kappa shape index (κ3) is 4.16. The highest BCUT2D eigenvalue weighted by atomic mass is 16.2. The van der Waals surface area contributed by atoms with Gasteiger partial charge in [-0.05, 0) is 61.4 Å². The van der Waals surface area contributed by atoms with Crippen LogP contribution in [0.2, 0.25) is 0 Å². The number of benzene rings is 2. The van der Waals surface area contributed by atoms with Crippen molar-refractivity contribution in [1.29, 1.82) is 0 Å². The number of nitrogens with one attached hydrogen (secondary N) is 2. The Labute approximate surface area is 133 Å². The van der Waals surface area contributed by atoms with Crippen LogP contribution in [0.4, 0.5) is 11.4 Å². The number of primary amides is 1. The largest absolute Gasteiger partial charge is 0.366 e. The van der Waals surface area contributed by atoms with Crippen LogP contribution in [0.5, 0.6) is 0 Å². The fourth-order valence-corrected chi connectivity index (χ4v) is 1.91. The first kappa shape index (κ1) is 16.2. The molecule has 0 heterocycles. The predicted molar refractivity (Wildman–Crippen MR) is 88.1 cm³/mol. The van der Waals surface area contributed by atoms with Gasteiger partial charge in [-0.15, -0.1) is 0 Å². The van der Waals surface area contributed by atoms with E-state index in [4.69, 9.17) is 5.73 Å². The molecule has 0 unspecified atom stereocenters. The first-order valence-electron chi connectivity index (χ1n) is 6.96. The Hall–Kier alpha value is -3.15. The molecule has 4 N–H and O–H groups in total. The SMILES string of the molecule is Cc1ccc(NC(=O)C(=O)Nc2ccc(C(N)=O)cc2)cc1C. The van der Waals surface area contributed by atoms with Gasteiger partial charge < -0.3 is 16.4 Å². The number of hydrogen-bond donors (Lipinski definition) is 3. The molecule has 6 nitrogen and oxygen atoms in total. The van der Waals surface area contributed by atoms with Crippen molar-refractivity contribution < 1.29 is 14.4 Å². The van der Waals surface area contributed by atoms with Crippen LogP contribution in [0, 0.1) is 13.8 Å². The normalized spacial score (nSPS) is 10.0. The second kappa shape index (κ2) is 6.74. The molecule has 118 valence electrons. The molecule has 0 aromatic heterocycles. The maximum Gasteiger partial charge on any atom is 0.314 e. The van der Waals surface area contributed by atoms with Gasteiger partial charge in [-0.25, -0.2) is 0 Å². The lowest BCUT2D eigenvalue weighted by atomic mass is 10.1. The minimum Gasteiger partial charge on any atom is -0.366 e. The topological polar surface area (TPSA) is 101 Å². The van der Waals surface area contributed by atoms with Crippen LogP contribution in [0.3, 0.4) is 0 Å². The molecule has 3 amide bonds. The van der Waals surface area contributed by atoms with Gasteiger partial charge in [-0.1, -0.05) is 6.07 Å². The average molecular weight is 311 g/mol. The van der Waals surface area contributed by atoms with E-state index in [0.29, 0.717) is 16.9 Å². The summed E-state index contributed by atoms with van der Waals surface area (Å²) in [4.78, 5) is 34.7. The standard InChI is InChI=1S/C17H17N3O3/c1-10-3-6-14(9-11(10)2)20-17(23)16(22)19-13-7-4-12(5-8-13)15(18)21/h3-9H,1-2H3,(H2,18,21)(H,19,22)(H,20,23). The van der Waals surface area contributed by atoms with Crippen LogP contribution in [-0.4, -0.2) is 17.7 Å². The van der Waals surface area contributed by atoms with Crippen LogP contribution in [0.15, 0.2) is 42.5 Å². The molecule has 0 aliphatic heterocycles. The van der Waals surface area contributed by atoms with Gasteiger partial charge >= 0.3 is 11.8 Å². The Morgan fingerprint density at radius 2 is 1.30 bits per heavy atom. The van der Waals surface area contributed by atoms with E-state index in [-0.39, 0.29) is 0 Å². The summed E-state index contributed by atoms with van der Waals surface area (Å²) in [5.41, 5.74) is 8.52. The summed E-state index contributed by atoms with van der Waals surface area (Å²) in [6.07, 6.45) is 0. The van der Waals surface area contributed by atoms with Gasteiger partial charge in [-0.2, -0.15) is 0 Å². The third-order valence-corrected chi connectivity index (χ3v) is 3.40. The molecule has 0 aliphatic rings. The predicted octanol–water partition coefficient (Wildman–Crippen LogP) is 1.98. The van der Waals surface area contributed by atoms with E-state index >= 15 is 0 Å². The molecule has 0 atom stereocenters. The minimum atomic E-state index is -0.796. The van der Waals surface area contributed by atoms with Gasteiger partial charge in [0.2, 0.25) is 5.91 Å². The lowest BCUT2D eigenvalue weighted by Crippen LogP contribution is -2.29. The number of amides is 3. The molecule has 2 aromatic rings. The fourth-order valence-electron chi connectivity index (χ4n) is 1.91. The number of nitrogens with two attached hydrogens (primary N) is 1. The quantitative estimate of drug-likeness (QED) is 0.755. The molecule has 0 aliphatic carbocycles. The second-order valence-corrected chi connectivity index (χ2v) is 5.15. The molecule has 0 saturated carbocycles. The zero-order valence-corrected chi connectivity index (χ0v) is 12.8. The Morgan fingerprint density at radius 1 is 0.783 bits per heavy atom. The number of hydrogen-bond acceptors (Lipinski definition) is 3. The summed E-state index contributed by atoms with van der Waals surface area (Å²) in [7, 11) is 0. The summed E-state index contributed by atoms with van der Waals surface area (Å²) in [6.45, 7) is 3.88. The Balaban J connectivity index is 2.00. The molecule has 0 bridgehead atoms. The number of carbonyl (C=O) groups is 3. The van der Waals surface area contributed by atoms with Crippen LogP contribution in [0.1, 0.15) is 21.5 Å². The number of rotatable bonds is 3. The summed E-state index contributed by atoms with van der Waals surface area (Å²) in [5.74, 6) is -2.13. The molecule has 0 saturated heterocycles. The zero-order chi connectivity index (χ0) is 17.0. The Morgan fingerprint density at radius 3 is 1.83 bits per heavy atom. The van der Waals surface area contributed by atoms with Crippen molar-refractivity contribution in [3.8, 4) is 0 Å². The van der Waals surface area contributed by atoms with Crippen LogP contribution in [-0.2, 0) is 9.59 Å². The van der Waals surface area contributed by atoms with Gasteiger partial charge in [0.15, 0.2) is 0 Å². The first-order valence-corrected chi connectivity index (χ1v) is 6.96. The monoisotopic (exact) mass is 311 g/mol. The van der Waals surface area contributed by atoms with Gasteiger partial charge in [0.05, 0.1) is 0 Å². The van der Waals surface area contributed by atoms with Gasteiger partial charge in [-0.3, -0.25) is 14.4 Å². The highest BCUT2D eigenvalue weighted by molar-refractivity contribution is 6.43. The molecule has 0 fully saturated rings. The molecular weight excluding hydrogens is 294 g/mol. The minimum absolute atomic E-state index is 0.322. The number of anilines is 2. The van der Waals surface area contributed by atoms with Crippen LogP contribution >= 0.6 is 0 Å². The Kier molecular flexibility index (Phi) is 4.75. The lowest BCUT2D eigenvalue weighted by Gasteiger charge is -2.08. The second-order valence-electron chi connectivity index (χ2n) is 5.15. The molecule has 2 rings (SSSR count). The smallest absolute Gasteiger partial charge is 0.314 e. The van der Waals surface area contributed by atoms with Crippen molar-refractivity contribution in [2.75, 3.05) is 10.6 Å². The van der Waals surface area contributed by atoms with E-state index in [1.807, 2.05) is 19.9 Å². The highest BCUT2D eigenvalue weighted by Gasteiger charge is 2.14. The Bertz CT molecular complexity index is 767. The van der Waals surface area contributed by atoms with Crippen molar-refractivity contribution in [2.45, 2.75) is 13.8 Å². The maximum absolute atomic E-state index is 11.9. The van der Waals surface area contributed by atoms with Crippen LogP contribution < -0.4 is 16.4 Å². The van der Waals surface area contributed by atoms with Crippen molar-refractivity contribution in [3.63, 3.8) is 0 Å². The number of carbonyl (C=O) groups excluding carboxylic acids is 3. The van der Waals surface area contributed by atoms with Gasteiger partial charge in [0.1, 0.15) is 0 Å². The van der Waals surface area contributed by atoms with Crippen molar-refractivity contribution in [3.05, 3.63) is 59.2 Å². The van der Waals surface area contributed by atoms with E-state index in [1.165, 1.54) is 24.3 Å². The third-order valence-electron chi connectivity index (χ3n) is 3.40. The van der Waals surface area contributed by atoms with Gasteiger partial charge in [0.25, 0.3) is 0 Å². The van der Waals surface area contributed by atoms with E-state index in [0.717, 1.165) is 11.1 Å². The molecule has 2 aromatic carbocycles. The van der Waals surface area contributed by atoms with Crippen LogP contribution in [0.25, 0.3) is 0 Å².